The number of nitrogens with one attached hydrogen (secondary N) is 2. The zero-order chi connectivity index (χ0) is 17.6. The fraction of sp³-hybridized carbons (Fsp3) is 0.467. The molecule has 0 radical (unpaired) electrons. The molecule has 7 nitrogen and oxygen atoms in total. The highest BCUT2D eigenvalue weighted by molar-refractivity contribution is 7.92. The van der Waals surface area contributed by atoms with Crippen molar-refractivity contribution in [3.8, 4) is 0 Å². The largest absolute Gasteiger partial charge is 0.480 e. The van der Waals surface area contributed by atoms with E-state index in [9.17, 15) is 23.1 Å². The van der Waals surface area contributed by atoms with E-state index >= 15 is 0 Å². The van der Waals surface area contributed by atoms with Crippen molar-refractivity contribution in [1.82, 2.24) is 5.32 Å². The quantitative estimate of drug-likeness (QED) is 0.666. The molecule has 1 amide bonds. The van der Waals surface area contributed by atoms with Gasteiger partial charge in [0.1, 0.15) is 6.04 Å². The minimum atomic E-state index is -3.55. The van der Waals surface area contributed by atoms with E-state index in [0.29, 0.717) is 12.8 Å². The Morgan fingerprint density at radius 3 is 2.48 bits per heavy atom. The lowest BCUT2D eigenvalue weighted by Crippen LogP contribution is -2.41. The SMILES string of the molecule is CCCCC(NC(=O)c1cc(C)ccc1NS(C)(=O)=O)C(=O)O. The molecule has 0 aliphatic heterocycles. The summed E-state index contributed by atoms with van der Waals surface area (Å²) in [7, 11) is -3.55. The van der Waals surface area contributed by atoms with Crippen LogP contribution >= 0.6 is 0 Å². The number of hydrogen-bond donors (Lipinski definition) is 3. The van der Waals surface area contributed by atoms with Gasteiger partial charge < -0.3 is 10.4 Å². The van der Waals surface area contributed by atoms with Crippen LogP contribution in [0.3, 0.4) is 0 Å². The van der Waals surface area contributed by atoms with Gasteiger partial charge in [0.25, 0.3) is 5.91 Å². The number of anilines is 1. The number of carbonyl (C=O) groups is 2. The van der Waals surface area contributed by atoms with Crippen LogP contribution in [-0.4, -0.2) is 37.7 Å². The molecule has 128 valence electrons. The number of carboxylic acid groups (broad SMARTS) is 1. The maximum absolute atomic E-state index is 12.4. The van der Waals surface area contributed by atoms with Crippen LogP contribution < -0.4 is 10.0 Å². The molecular formula is C15H22N2O5S. The standard InChI is InChI=1S/C15H22N2O5S/c1-4-5-6-13(15(19)20)16-14(18)11-9-10(2)7-8-12(11)17-23(3,21)22/h7-9,13,17H,4-6H2,1-3H3,(H,16,18)(H,19,20). The molecule has 23 heavy (non-hydrogen) atoms. The van der Waals surface area contributed by atoms with E-state index < -0.39 is 27.9 Å². The number of carboxylic acids is 1. The zero-order valence-electron chi connectivity index (χ0n) is 13.4. The van der Waals surface area contributed by atoms with Crippen LogP contribution in [0, 0.1) is 6.92 Å². The van der Waals surface area contributed by atoms with Gasteiger partial charge in [-0.05, 0) is 25.5 Å². The summed E-state index contributed by atoms with van der Waals surface area (Å²) in [6, 6.07) is 3.65. The van der Waals surface area contributed by atoms with Crippen molar-refractivity contribution in [1.29, 1.82) is 0 Å². The van der Waals surface area contributed by atoms with Crippen LogP contribution in [0.25, 0.3) is 0 Å². The first-order valence-corrected chi connectivity index (χ1v) is 9.15. The molecule has 0 aromatic heterocycles. The Morgan fingerprint density at radius 1 is 1.30 bits per heavy atom. The molecule has 0 heterocycles. The van der Waals surface area contributed by atoms with Crippen molar-refractivity contribution < 1.29 is 23.1 Å². The topological polar surface area (TPSA) is 113 Å². The molecule has 0 fully saturated rings. The van der Waals surface area contributed by atoms with E-state index in [-0.39, 0.29) is 11.3 Å². The molecule has 0 saturated heterocycles. The van der Waals surface area contributed by atoms with Gasteiger partial charge in [-0.15, -0.1) is 0 Å². The molecule has 1 aromatic rings. The van der Waals surface area contributed by atoms with Gasteiger partial charge in [0.05, 0.1) is 17.5 Å². The summed E-state index contributed by atoms with van der Waals surface area (Å²) in [5, 5.41) is 11.6. The lowest BCUT2D eigenvalue weighted by Gasteiger charge is -2.16. The molecule has 1 unspecified atom stereocenters. The summed E-state index contributed by atoms with van der Waals surface area (Å²) < 4.78 is 25.1. The third-order valence-corrected chi connectivity index (χ3v) is 3.76. The summed E-state index contributed by atoms with van der Waals surface area (Å²) >= 11 is 0. The molecule has 0 bridgehead atoms. The predicted molar refractivity (Wildman–Crippen MR) is 88.1 cm³/mol. The van der Waals surface area contributed by atoms with Crippen LogP contribution in [0.5, 0.6) is 0 Å². The summed E-state index contributed by atoms with van der Waals surface area (Å²) in [4.78, 5) is 23.6. The number of benzene rings is 1. The van der Waals surface area contributed by atoms with Crippen molar-refractivity contribution in [3.63, 3.8) is 0 Å². The van der Waals surface area contributed by atoms with Gasteiger partial charge in [0.15, 0.2) is 0 Å². The summed E-state index contributed by atoms with van der Waals surface area (Å²) in [5.74, 6) is -1.74. The molecule has 0 saturated carbocycles. The third-order valence-electron chi connectivity index (χ3n) is 3.16. The smallest absolute Gasteiger partial charge is 0.326 e. The van der Waals surface area contributed by atoms with Gasteiger partial charge in [0.2, 0.25) is 10.0 Å². The van der Waals surface area contributed by atoms with E-state index in [1.807, 2.05) is 6.92 Å². The molecule has 1 aromatic carbocycles. The Kier molecular flexibility index (Phi) is 6.56. The molecule has 8 heteroatoms. The Morgan fingerprint density at radius 2 is 1.96 bits per heavy atom. The van der Waals surface area contributed by atoms with Crippen LogP contribution in [0.15, 0.2) is 18.2 Å². The maximum atomic E-state index is 12.4. The maximum Gasteiger partial charge on any atom is 0.326 e. The molecule has 0 aliphatic carbocycles. The number of rotatable bonds is 8. The molecule has 0 aliphatic rings. The highest BCUT2D eigenvalue weighted by Gasteiger charge is 2.22. The highest BCUT2D eigenvalue weighted by Crippen LogP contribution is 2.19. The van der Waals surface area contributed by atoms with Crippen molar-refractivity contribution in [2.45, 2.75) is 39.2 Å². The Bertz CT molecular complexity index is 685. The summed E-state index contributed by atoms with van der Waals surface area (Å²) in [6.07, 6.45) is 2.78. The van der Waals surface area contributed by atoms with Crippen LogP contribution in [-0.2, 0) is 14.8 Å². The van der Waals surface area contributed by atoms with Gasteiger partial charge in [-0.25, -0.2) is 13.2 Å². The second kappa shape index (κ2) is 7.96. The number of amides is 1. The van der Waals surface area contributed by atoms with Crippen LogP contribution in [0.1, 0.15) is 42.1 Å². The normalized spacial score (nSPS) is 12.5. The van der Waals surface area contributed by atoms with E-state index in [4.69, 9.17) is 0 Å². The Labute approximate surface area is 136 Å². The van der Waals surface area contributed by atoms with Crippen molar-refractivity contribution >= 4 is 27.6 Å². The average molecular weight is 342 g/mol. The van der Waals surface area contributed by atoms with Gasteiger partial charge >= 0.3 is 5.97 Å². The average Bonchev–Trinajstić information content (AvgIpc) is 2.43. The highest BCUT2D eigenvalue weighted by atomic mass is 32.2. The van der Waals surface area contributed by atoms with E-state index in [1.165, 1.54) is 12.1 Å². The first-order chi connectivity index (χ1) is 10.6. The fourth-order valence-electron chi connectivity index (χ4n) is 2.04. The molecule has 0 spiro atoms. The van der Waals surface area contributed by atoms with E-state index in [2.05, 4.69) is 10.0 Å². The van der Waals surface area contributed by atoms with Crippen LogP contribution in [0.4, 0.5) is 5.69 Å². The first-order valence-electron chi connectivity index (χ1n) is 7.26. The van der Waals surface area contributed by atoms with Gasteiger partial charge in [-0.3, -0.25) is 9.52 Å². The number of hydrogen-bond acceptors (Lipinski definition) is 4. The van der Waals surface area contributed by atoms with Gasteiger partial charge in [-0.2, -0.15) is 0 Å². The minimum absolute atomic E-state index is 0.0955. The second-order valence-electron chi connectivity index (χ2n) is 5.43. The molecule has 1 atom stereocenters. The van der Waals surface area contributed by atoms with Crippen molar-refractivity contribution in [3.05, 3.63) is 29.3 Å². The molecular weight excluding hydrogens is 320 g/mol. The zero-order valence-corrected chi connectivity index (χ0v) is 14.2. The number of unbranched alkanes of at least 4 members (excludes halogenated alkanes) is 1. The van der Waals surface area contributed by atoms with E-state index in [1.54, 1.807) is 13.0 Å². The monoisotopic (exact) mass is 342 g/mol. The lowest BCUT2D eigenvalue weighted by molar-refractivity contribution is -0.139. The lowest BCUT2D eigenvalue weighted by atomic mass is 10.1. The second-order valence-corrected chi connectivity index (χ2v) is 7.18. The summed E-state index contributed by atoms with van der Waals surface area (Å²) in [5.41, 5.74) is 0.975. The van der Waals surface area contributed by atoms with Gasteiger partial charge in [-0.1, -0.05) is 31.4 Å². The van der Waals surface area contributed by atoms with E-state index in [0.717, 1.165) is 18.2 Å². The first kappa shape index (κ1) is 19.0. The number of sulfonamides is 1. The number of aryl methyl sites for hydroxylation is 1. The molecule has 1 rings (SSSR count). The van der Waals surface area contributed by atoms with Crippen LogP contribution in [0.2, 0.25) is 0 Å². The predicted octanol–water partition coefficient (Wildman–Crippen LogP) is 1.74. The molecule has 3 N–H and O–H groups in total. The van der Waals surface area contributed by atoms with Crippen molar-refractivity contribution in [2.75, 3.05) is 11.0 Å². The Hall–Kier alpha value is -2.09. The number of aliphatic carboxylic acids is 1. The Balaban J connectivity index is 3.05. The minimum Gasteiger partial charge on any atom is -0.480 e. The number of carbonyl (C=O) groups excluding carboxylic acids is 1. The van der Waals surface area contributed by atoms with Crippen molar-refractivity contribution in [2.24, 2.45) is 0 Å². The third kappa shape index (κ3) is 6.27. The van der Waals surface area contributed by atoms with Gasteiger partial charge in [0, 0.05) is 0 Å². The summed E-state index contributed by atoms with van der Waals surface area (Å²) in [6.45, 7) is 3.68. The fourth-order valence-corrected chi connectivity index (χ4v) is 2.61.